The molecule has 148 valence electrons. The smallest absolute Gasteiger partial charge is 0.248 e. The van der Waals surface area contributed by atoms with Gasteiger partial charge in [0.25, 0.3) is 0 Å². The highest BCUT2D eigenvalue weighted by atomic mass is 16.5. The molecule has 2 saturated heterocycles. The second kappa shape index (κ2) is 8.37. The minimum Gasteiger partial charge on any atom is -0.389 e. The van der Waals surface area contributed by atoms with E-state index in [1.54, 1.807) is 18.2 Å². The fourth-order valence-corrected chi connectivity index (χ4v) is 4.64. The first-order valence-corrected chi connectivity index (χ1v) is 9.49. The van der Waals surface area contributed by atoms with Gasteiger partial charge in [-0.3, -0.25) is 9.59 Å². The van der Waals surface area contributed by atoms with Gasteiger partial charge >= 0.3 is 0 Å². The first kappa shape index (κ1) is 19.8. The van der Waals surface area contributed by atoms with Crippen LogP contribution in [0, 0.1) is 11.8 Å². The van der Waals surface area contributed by atoms with E-state index in [2.05, 4.69) is 12.2 Å². The first-order valence-electron chi connectivity index (χ1n) is 9.49. The number of aliphatic hydroxyl groups excluding tert-OH is 1. The van der Waals surface area contributed by atoms with Gasteiger partial charge in [-0.15, -0.1) is 0 Å². The second-order valence-corrected chi connectivity index (χ2v) is 7.83. The quantitative estimate of drug-likeness (QED) is 0.672. The summed E-state index contributed by atoms with van der Waals surface area (Å²) in [6, 6.07) is 6.87. The number of aliphatic hydroxyl groups is 1. The average Bonchev–Trinajstić information content (AvgIpc) is 2.84. The predicted molar refractivity (Wildman–Crippen MR) is 101 cm³/mol. The van der Waals surface area contributed by atoms with E-state index in [0.29, 0.717) is 24.6 Å². The van der Waals surface area contributed by atoms with E-state index in [1.807, 2.05) is 11.0 Å². The number of piperidine rings is 1. The topological polar surface area (TPSA) is 105 Å². The zero-order chi connectivity index (χ0) is 19.6. The molecule has 3 fully saturated rings. The monoisotopic (exact) mass is 375 g/mol. The van der Waals surface area contributed by atoms with Crippen LogP contribution in [0.15, 0.2) is 24.3 Å². The van der Waals surface area contributed by atoms with Gasteiger partial charge < -0.3 is 25.8 Å². The fraction of sp³-hybridized carbons (Fsp3) is 0.600. The Bertz CT molecular complexity index is 696. The highest BCUT2D eigenvalue weighted by Gasteiger charge is 2.47. The lowest BCUT2D eigenvalue weighted by atomic mass is 9.85. The second-order valence-electron chi connectivity index (χ2n) is 7.83. The molecular weight excluding hydrogens is 346 g/mol. The molecule has 4 rings (SSSR count). The van der Waals surface area contributed by atoms with Crippen molar-refractivity contribution in [1.29, 1.82) is 0 Å². The Morgan fingerprint density at radius 1 is 1.37 bits per heavy atom. The third kappa shape index (κ3) is 4.31. The Labute approximate surface area is 159 Å². The molecule has 0 radical (unpaired) electrons. The van der Waals surface area contributed by atoms with E-state index >= 15 is 0 Å². The van der Waals surface area contributed by atoms with Crippen molar-refractivity contribution in [3.05, 3.63) is 35.4 Å². The van der Waals surface area contributed by atoms with Crippen LogP contribution in [0.4, 0.5) is 0 Å². The number of hydrogen-bond donors (Lipinski definition) is 3. The number of amides is 2. The zero-order valence-electron chi connectivity index (χ0n) is 15.9. The van der Waals surface area contributed by atoms with E-state index in [4.69, 9.17) is 10.5 Å². The Balaban J connectivity index is 1.71. The molecule has 27 heavy (non-hydrogen) atoms. The number of nitrogens with zero attached hydrogens (tertiary/aromatic N) is 1. The lowest BCUT2D eigenvalue weighted by molar-refractivity contribution is -0.144. The van der Waals surface area contributed by atoms with E-state index < -0.39 is 12.0 Å². The molecule has 1 aromatic rings. The normalized spacial score (nSPS) is 30.2. The summed E-state index contributed by atoms with van der Waals surface area (Å²) in [5.41, 5.74) is 6.76. The van der Waals surface area contributed by atoms with Crippen molar-refractivity contribution < 1.29 is 19.4 Å². The Kier molecular flexibility index (Phi) is 6.14. The lowest BCUT2D eigenvalue weighted by Gasteiger charge is -2.42. The van der Waals surface area contributed by atoms with Crippen LogP contribution in [0.1, 0.15) is 35.7 Å². The maximum atomic E-state index is 12.4. The minimum absolute atomic E-state index is 0.0423. The summed E-state index contributed by atoms with van der Waals surface area (Å²) < 4.78 is 5.01. The number of benzene rings is 1. The van der Waals surface area contributed by atoms with Crippen LogP contribution in [0.2, 0.25) is 0 Å². The summed E-state index contributed by atoms with van der Waals surface area (Å²) in [6.07, 6.45) is 1.18. The van der Waals surface area contributed by atoms with Gasteiger partial charge in [-0.2, -0.15) is 0 Å². The van der Waals surface area contributed by atoms with Crippen LogP contribution >= 0.6 is 0 Å². The molecule has 5 atom stereocenters. The number of hydrogen-bond acceptors (Lipinski definition) is 5. The first-order chi connectivity index (χ1) is 12.9. The third-order valence-electron chi connectivity index (χ3n) is 5.82. The molecule has 7 nitrogen and oxygen atoms in total. The molecule has 2 aliphatic heterocycles. The molecule has 0 aromatic heterocycles. The van der Waals surface area contributed by atoms with E-state index in [1.165, 1.54) is 7.11 Å². The van der Waals surface area contributed by atoms with Crippen LogP contribution in [0.5, 0.6) is 0 Å². The summed E-state index contributed by atoms with van der Waals surface area (Å²) >= 11 is 0. The SMILES string of the molecule is COCC(=O)N1C[C@@H]2C[C@@H](C)C1[C@@H](O)[C@@H](NCc1cccc(C(N)=O)c1)C2. The molecule has 2 amide bonds. The van der Waals surface area contributed by atoms with Crippen molar-refractivity contribution in [2.75, 3.05) is 20.3 Å². The molecule has 0 spiro atoms. The highest BCUT2D eigenvalue weighted by molar-refractivity contribution is 5.92. The van der Waals surface area contributed by atoms with E-state index in [0.717, 1.165) is 18.4 Å². The summed E-state index contributed by atoms with van der Waals surface area (Å²) in [5, 5.41) is 14.5. The number of ether oxygens (including phenoxy) is 1. The molecule has 7 heteroatoms. The van der Waals surface area contributed by atoms with Gasteiger partial charge in [0.1, 0.15) is 6.61 Å². The maximum Gasteiger partial charge on any atom is 0.248 e. The zero-order valence-corrected chi connectivity index (χ0v) is 15.9. The Morgan fingerprint density at radius 2 is 2.15 bits per heavy atom. The van der Waals surface area contributed by atoms with Crippen LogP contribution in [0.25, 0.3) is 0 Å². The van der Waals surface area contributed by atoms with Gasteiger partial charge in [0.05, 0.1) is 12.1 Å². The number of carbonyl (C=O) groups excluding carboxylic acids is 2. The number of rotatable bonds is 6. The molecule has 3 aliphatic rings. The number of primary amides is 1. The molecule has 1 aliphatic carbocycles. The van der Waals surface area contributed by atoms with Gasteiger partial charge in [-0.25, -0.2) is 0 Å². The van der Waals surface area contributed by atoms with Crippen molar-refractivity contribution >= 4 is 11.8 Å². The Hall–Kier alpha value is -1.96. The maximum absolute atomic E-state index is 12.4. The van der Waals surface area contributed by atoms with Gasteiger partial charge in [0, 0.05) is 31.8 Å². The van der Waals surface area contributed by atoms with Crippen molar-refractivity contribution in [1.82, 2.24) is 10.2 Å². The number of nitrogens with two attached hydrogens (primary N) is 1. The number of nitrogens with one attached hydrogen (secondary N) is 1. The predicted octanol–water partition coefficient (Wildman–Crippen LogP) is 0.508. The highest BCUT2D eigenvalue weighted by Crippen LogP contribution is 2.37. The van der Waals surface area contributed by atoms with Crippen LogP contribution in [-0.2, 0) is 16.1 Å². The van der Waals surface area contributed by atoms with Gasteiger partial charge in [0.15, 0.2) is 0 Å². The molecule has 2 bridgehead atoms. The fourth-order valence-electron chi connectivity index (χ4n) is 4.64. The van der Waals surface area contributed by atoms with Crippen LogP contribution in [-0.4, -0.2) is 60.3 Å². The molecule has 1 saturated carbocycles. The van der Waals surface area contributed by atoms with E-state index in [9.17, 15) is 14.7 Å². The molecule has 1 aromatic carbocycles. The van der Waals surface area contributed by atoms with Crippen molar-refractivity contribution in [3.63, 3.8) is 0 Å². The van der Waals surface area contributed by atoms with Crippen molar-refractivity contribution in [3.8, 4) is 0 Å². The van der Waals surface area contributed by atoms with Gasteiger partial charge in [-0.1, -0.05) is 19.1 Å². The number of methoxy groups -OCH3 is 1. The largest absolute Gasteiger partial charge is 0.389 e. The van der Waals surface area contributed by atoms with Crippen LogP contribution in [0.3, 0.4) is 0 Å². The van der Waals surface area contributed by atoms with E-state index in [-0.39, 0.29) is 30.5 Å². The summed E-state index contributed by atoms with van der Waals surface area (Å²) in [6.45, 7) is 3.35. The molecule has 4 N–H and O–H groups in total. The summed E-state index contributed by atoms with van der Waals surface area (Å²) in [7, 11) is 1.51. The Morgan fingerprint density at radius 3 is 2.85 bits per heavy atom. The molecular formula is C20H29N3O4. The van der Waals surface area contributed by atoms with Gasteiger partial charge in [0.2, 0.25) is 11.8 Å². The van der Waals surface area contributed by atoms with Crippen molar-refractivity contribution in [2.45, 2.75) is 44.5 Å². The average molecular weight is 375 g/mol. The van der Waals surface area contributed by atoms with Crippen LogP contribution < -0.4 is 11.1 Å². The summed E-state index contributed by atoms with van der Waals surface area (Å²) in [4.78, 5) is 25.6. The van der Waals surface area contributed by atoms with Crippen molar-refractivity contribution in [2.24, 2.45) is 17.6 Å². The lowest BCUT2D eigenvalue weighted by Crippen LogP contribution is -2.57. The molecule has 2 heterocycles. The molecule has 1 unspecified atom stereocenters. The standard InChI is InChI=1S/C20H29N3O4/c1-12-6-14-8-16(19(25)18(12)23(10-14)17(24)11-27-2)22-9-13-4-3-5-15(7-13)20(21)26/h3-5,7,12,14,16,18-19,22,25H,6,8-11H2,1-2H3,(H2,21,26)/t12-,14-,16+,18?,19+/m1/s1. The minimum atomic E-state index is -0.646. The number of fused-ring (bicyclic) bond motifs is 4. The number of carbonyl (C=O) groups is 2. The third-order valence-corrected chi connectivity index (χ3v) is 5.82. The summed E-state index contributed by atoms with van der Waals surface area (Å²) in [5.74, 6) is 0.0756. The van der Waals surface area contributed by atoms with Gasteiger partial charge in [-0.05, 0) is 42.4 Å².